The number of nitrogens with one attached hydrogen (secondary N) is 1. The maximum atomic E-state index is 10.2. The molecule has 0 aromatic heterocycles. The molecule has 94 valence electrons. The van der Waals surface area contributed by atoms with Crippen LogP contribution in [-0.2, 0) is 0 Å². The number of phenolic OH excluding ortho intramolecular Hbond substituents is 1. The van der Waals surface area contributed by atoms with Gasteiger partial charge in [0.05, 0.1) is 0 Å². The first-order chi connectivity index (χ1) is 8.74. The molecule has 0 bridgehead atoms. The van der Waals surface area contributed by atoms with Crippen LogP contribution in [0.15, 0.2) is 34.8 Å². The van der Waals surface area contributed by atoms with Crippen LogP contribution in [0, 0.1) is 0 Å². The van der Waals surface area contributed by atoms with Crippen LogP contribution in [0.1, 0.15) is 24.3 Å². The Kier molecular flexibility index (Phi) is 3.27. The van der Waals surface area contributed by atoms with Crippen LogP contribution >= 0.6 is 15.9 Å². The third kappa shape index (κ3) is 2.25. The Morgan fingerprint density at radius 2 is 2.06 bits per heavy atom. The minimum absolute atomic E-state index is 0.429. The molecule has 1 atom stereocenters. The molecule has 1 saturated heterocycles. The fraction of sp³-hybridized carbons (Fsp3) is 0.333. The molecule has 0 amide bonds. The van der Waals surface area contributed by atoms with Crippen molar-refractivity contribution in [3.63, 3.8) is 0 Å². The number of fused-ring (bicyclic) bond motifs is 1. The number of halogens is 1. The molecule has 0 saturated carbocycles. The lowest BCUT2D eigenvalue weighted by atomic mass is 9.89. The summed E-state index contributed by atoms with van der Waals surface area (Å²) in [7, 11) is 0. The van der Waals surface area contributed by atoms with Gasteiger partial charge in [-0.1, -0.05) is 22.0 Å². The van der Waals surface area contributed by atoms with Gasteiger partial charge in [-0.2, -0.15) is 0 Å². The van der Waals surface area contributed by atoms with E-state index in [-0.39, 0.29) is 0 Å². The Bertz CT molecular complexity index is 576. The zero-order valence-electron chi connectivity index (χ0n) is 10.1. The van der Waals surface area contributed by atoms with Gasteiger partial charge in [0.15, 0.2) is 0 Å². The lowest BCUT2D eigenvalue weighted by Crippen LogP contribution is -2.28. The average Bonchev–Trinajstić information content (AvgIpc) is 2.39. The number of hydrogen-bond donors (Lipinski definition) is 2. The molecular formula is C15H16BrNO. The Balaban J connectivity index is 2.07. The van der Waals surface area contributed by atoms with Crippen LogP contribution in [-0.4, -0.2) is 18.2 Å². The van der Waals surface area contributed by atoms with Crippen molar-refractivity contribution in [3.8, 4) is 5.75 Å². The Morgan fingerprint density at radius 3 is 2.83 bits per heavy atom. The van der Waals surface area contributed by atoms with Crippen LogP contribution in [0.2, 0.25) is 0 Å². The first-order valence-electron chi connectivity index (χ1n) is 6.37. The minimum atomic E-state index is 0.429. The fourth-order valence-corrected chi connectivity index (χ4v) is 3.10. The van der Waals surface area contributed by atoms with Crippen molar-refractivity contribution in [2.45, 2.75) is 18.8 Å². The number of rotatable bonds is 1. The highest BCUT2D eigenvalue weighted by Crippen LogP contribution is 2.34. The Hall–Kier alpha value is -1.06. The summed E-state index contributed by atoms with van der Waals surface area (Å²) in [6.45, 7) is 2.06. The predicted molar refractivity (Wildman–Crippen MR) is 78.2 cm³/mol. The molecule has 3 rings (SSSR count). The van der Waals surface area contributed by atoms with Gasteiger partial charge in [-0.15, -0.1) is 0 Å². The quantitative estimate of drug-likeness (QED) is 0.840. The van der Waals surface area contributed by atoms with Crippen molar-refractivity contribution in [2.75, 3.05) is 13.1 Å². The summed E-state index contributed by atoms with van der Waals surface area (Å²) in [6, 6.07) is 10.2. The topological polar surface area (TPSA) is 32.3 Å². The standard InChI is InChI=1S/C15H16BrNO/c16-13-4-3-10-8-15(18)14(7-12(10)6-13)11-2-1-5-17-9-11/h3-4,6-8,11,17-18H,1-2,5,9H2. The van der Waals surface area contributed by atoms with Gasteiger partial charge in [-0.3, -0.25) is 0 Å². The van der Waals surface area contributed by atoms with Crippen LogP contribution in [0.25, 0.3) is 10.8 Å². The highest BCUT2D eigenvalue weighted by atomic mass is 79.9. The normalized spacial score (nSPS) is 20.2. The molecule has 2 nitrogen and oxygen atoms in total. The van der Waals surface area contributed by atoms with Crippen LogP contribution in [0.3, 0.4) is 0 Å². The number of piperidine rings is 1. The molecule has 2 aromatic rings. The number of hydrogen-bond acceptors (Lipinski definition) is 2. The van der Waals surface area contributed by atoms with Crippen molar-refractivity contribution in [1.29, 1.82) is 0 Å². The van der Waals surface area contributed by atoms with Crippen LogP contribution in [0.4, 0.5) is 0 Å². The van der Waals surface area contributed by atoms with E-state index < -0.39 is 0 Å². The van der Waals surface area contributed by atoms with Crippen LogP contribution in [0.5, 0.6) is 5.75 Å². The summed E-state index contributed by atoms with van der Waals surface area (Å²) in [5.41, 5.74) is 1.08. The van der Waals surface area contributed by atoms with Gasteiger partial charge in [-0.25, -0.2) is 0 Å². The molecule has 1 fully saturated rings. The highest BCUT2D eigenvalue weighted by molar-refractivity contribution is 9.10. The molecule has 2 aromatic carbocycles. The predicted octanol–water partition coefficient (Wildman–Crippen LogP) is 3.77. The van der Waals surface area contributed by atoms with Gasteiger partial charge in [0, 0.05) is 16.9 Å². The molecule has 1 aliphatic heterocycles. The summed E-state index contributed by atoms with van der Waals surface area (Å²) in [4.78, 5) is 0. The number of phenols is 1. The molecule has 18 heavy (non-hydrogen) atoms. The van der Waals surface area contributed by atoms with E-state index in [0.717, 1.165) is 34.9 Å². The molecule has 1 unspecified atom stereocenters. The Labute approximate surface area is 115 Å². The molecule has 1 aliphatic rings. The van der Waals surface area contributed by atoms with Crippen LogP contribution < -0.4 is 5.32 Å². The minimum Gasteiger partial charge on any atom is -0.508 e. The van der Waals surface area contributed by atoms with E-state index in [9.17, 15) is 5.11 Å². The summed E-state index contributed by atoms with van der Waals surface area (Å²) in [5, 5.41) is 15.9. The Morgan fingerprint density at radius 1 is 1.17 bits per heavy atom. The zero-order valence-corrected chi connectivity index (χ0v) is 11.7. The van der Waals surface area contributed by atoms with Crippen molar-refractivity contribution in [1.82, 2.24) is 5.32 Å². The van der Waals surface area contributed by atoms with E-state index in [4.69, 9.17) is 0 Å². The van der Waals surface area contributed by atoms with Gasteiger partial charge in [0.1, 0.15) is 5.75 Å². The first-order valence-corrected chi connectivity index (χ1v) is 7.16. The molecular weight excluding hydrogens is 290 g/mol. The first kappa shape index (κ1) is 12.0. The van der Waals surface area contributed by atoms with Gasteiger partial charge < -0.3 is 10.4 Å². The third-order valence-electron chi connectivity index (χ3n) is 3.68. The summed E-state index contributed by atoms with van der Waals surface area (Å²) in [6.07, 6.45) is 2.33. The highest BCUT2D eigenvalue weighted by Gasteiger charge is 2.18. The van der Waals surface area contributed by atoms with Crippen molar-refractivity contribution >= 4 is 26.7 Å². The zero-order chi connectivity index (χ0) is 12.5. The van der Waals surface area contributed by atoms with E-state index in [0.29, 0.717) is 11.7 Å². The second-order valence-electron chi connectivity index (χ2n) is 4.95. The fourth-order valence-electron chi connectivity index (χ4n) is 2.72. The van der Waals surface area contributed by atoms with Gasteiger partial charge in [0.25, 0.3) is 0 Å². The van der Waals surface area contributed by atoms with E-state index in [1.54, 1.807) is 0 Å². The third-order valence-corrected chi connectivity index (χ3v) is 4.18. The van der Waals surface area contributed by atoms with E-state index in [2.05, 4.69) is 33.4 Å². The second kappa shape index (κ2) is 4.90. The van der Waals surface area contributed by atoms with Crippen molar-refractivity contribution < 1.29 is 5.11 Å². The van der Waals surface area contributed by atoms with Gasteiger partial charge in [-0.05, 0) is 60.0 Å². The lowest BCUT2D eigenvalue weighted by molar-refractivity contribution is 0.426. The molecule has 0 aliphatic carbocycles. The van der Waals surface area contributed by atoms with Gasteiger partial charge >= 0.3 is 0 Å². The summed E-state index contributed by atoms with van der Waals surface area (Å²) < 4.78 is 1.08. The number of benzene rings is 2. The largest absolute Gasteiger partial charge is 0.508 e. The van der Waals surface area contributed by atoms with E-state index >= 15 is 0 Å². The smallest absolute Gasteiger partial charge is 0.119 e. The van der Waals surface area contributed by atoms with Gasteiger partial charge in [0.2, 0.25) is 0 Å². The molecule has 3 heteroatoms. The van der Waals surface area contributed by atoms with E-state index in [1.807, 2.05) is 18.2 Å². The molecule has 2 N–H and O–H groups in total. The van der Waals surface area contributed by atoms with Crippen molar-refractivity contribution in [2.24, 2.45) is 0 Å². The average molecular weight is 306 g/mol. The monoisotopic (exact) mass is 305 g/mol. The molecule has 0 spiro atoms. The summed E-state index contributed by atoms with van der Waals surface area (Å²) in [5.74, 6) is 0.862. The molecule has 1 heterocycles. The second-order valence-corrected chi connectivity index (χ2v) is 5.86. The SMILES string of the molecule is Oc1cc2ccc(Br)cc2cc1C1CCCNC1. The van der Waals surface area contributed by atoms with E-state index in [1.165, 1.54) is 11.8 Å². The maximum Gasteiger partial charge on any atom is 0.119 e. The van der Waals surface area contributed by atoms with Crippen molar-refractivity contribution in [3.05, 3.63) is 40.4 Å². The lowest BCUT2D eigenvalue weighted by Gasteiger charge is -2.24. The maximum absolute atomic E-state index is 10.2. The number of aromatic hydroxyl groups is 1. The molecule has 0 radical (unpaired) electrons. The summed E-state index contributed by atoms with van der Waals surface area (Å²) >= 11 is 3.50.